The predicted molar refractivity (Wildman–Crippen MR) is 97.1 cm³/mol. The molecular weight excluding hydrogens is 350 g/mol. The molecule has 0 saturated carbocycles. The minimum absolute atomic E-state index is 0.0619. The van der Waals surface area contributed by atoms with Crippen LogP contribution in [0.25, 0.3) is 0 Å². The van der Waals surface area contributed by atoms with Crippen LogP contribution in [0.3, 0.4) is 0 Å². The maximum Gasteiger partial charge on any atom is 0.328 e. The largest absolute Gasteiger partial charge is 0.490 e. The summed E-state index contributed by atoms with van der Waals surface area (Å²) >= 11 is 0. The van der Waals surface area contributed by atoms with Crippen molar-refractivity contribution in [3.63, 3.8) is 0 Å². The Labute approximate surface area is 155 Å². The normalized spacial score (nSPS) is 19.0. The van der Waals surface area contributed by atoms with Crippen molar-refractivity contribution >= 4 is 5.91 Å². The second kappa shape index (κ2) is 7.30. The first kappa shape index (κ1) is 17.4. The summed E-state index contributed by atoms with van der Waals surface area (Å²) in [6, 6.07) is 6.98. The van der Waals surface area contributed by atoms with E-state index in [1.165, 1.54) is 16.8 Å². The number of carbonyl (C=O) groups is 1. The number of ether oxygens (including phenoxy) is 2. The highest BCUT2D eigenvalue weighted by Gasteiger charge is 2.31. The molecule has 1 atom stereocenters. The Morgan fingerprint density at radius 1 is 1.11 bits per heavy atom. The van der Waals surface area contributed by atoms with Crippen molar-refractivity contribution in [3.8, 4) is 11.5 Å². The number of nitrogens with zero attached hydrogens (tertiary/aromatic N) is 2. The van der Waals surface area contributed by atoms with Crippen LogP contribution in [0.5, 0.6) is 11.5 Å². The molecule has 8 heteroatoms. The molecule has 1 aromatic carbocycles. The molecule has 0 aliphatic carbocycles. The maximum atomic E-state index is 12.8. The Balaban J connectivity index is 1.55. The van der Waals surface area contributed by atoms with Gasteiger partial charge in [0.25, 0.3) is 5.56 Å². The Bertz CT molecular complexity index is 964. The fourth-order valence-corrected chi connectivity index (χ4v) is 3.60. The lowest BCUT2D eigenvalue weighted by atomic mass is 10.0. The fraction of sp³-hybridized carbons (Fsp3) is 0.421. The van der Waals surface area contributed by atoms with Gasteiger partial charge in [-0.05, 0) is 30.5 Å². The first-order valence-corrected chi connectivity index (χ1v) is 9.10. The molecule has 8 nitrogen and oxygen atoms in total. The summed E-state index contributed by atoms with van der Waals surface area (Å²) < 4.78 is 12.6. The lowest BCUT2D eigenvalue weighted by molar-refractivity contribution is -0.132. The van der Waals surface area contributed by atoms with Crippen molar-refractivity contribution in [2.75, 3.05) is 19.8 Å². The highest BCUT2D eigenvalue weighted by atomic mass is 16.5. The molecule has 1 aromatic heterocycles. The van der Waals surface area contributed by atoms with Crippen LogP contribution >= 0.6 is 0 Å². The van der Waals surface area contributed by atoms with Crippen molar-refractivity contribution in [2.24, 2.45) is 0 Å². The molecule has 1 fully saturated rings. The van der Waals surface area contributed by atoms with E-state index in [9.17, 15) is 14.4 Å². The van der Waals surface area contributed by atoms with Crippen molar-refractivity contribution in [2.45, 2.75) is 31.8 Å². The van der Waals surface area contributed by atoms with Crippen LogP contribution in [0.15, 0.2) is 40.1 Å². The third kappa shape index (κ3) is 3.60. The number of rotatable bonds is 3. The molecule has 1 N–H and O–H groups in total. The number of aromatic nitrogens is 2. The molecule has 0 radical (unpaired) electrons. The molecule has 2 aromatic rings. The number of amides is 1. The zero-order valence-electron chi connectivity index (χ0n) is 14.8. The van der Waals surface area contributed by atoms with E-state index < -0.39 is 11.2 Å². The van der Waals surface area contributed by atoms with Gasteiger partial charge in [-0.15, -0.1) is 0 Å². The number of hydrogen-bond donors (Lipinski definition) is 1. The first-order chi connectivity index (χ1) is 13.1. The molecule has 142 valence electrons. The van der Waals surface area contributed by atoms with Crippen molar-refractivity contribution < 1.29 is 14.3 Å². The van der Waals surface area contributed by atoms with Gasteiger partial charge in [-0.2, -0.15) is 0 Å². The SMILES string of the molecule is O=C(Cn1ccc(=O)[nH]c1=O)N1CCCC1c1ccc2c(c1)OCCCO2. The standard InChI is InChI=1S/C19H21N3O5/c23-17-6-8-21(19(25)20-17)12-18(24)22-7-1-3-14(22)13-4-5-15-16(11-13)27-10-2-9-26-15/h4-6,8,11,14H,1-3,7,9-10,12H2,(H,20,23,25). The Morgan fingerprint density at radius 3 is 2.74 bits per heavy atom. The minimum atomic E-state index is -0.581. The van der Waals surface area contributed by atoms with Crippen LogP contribution in [0.2, 0.25) is 0 Å². The van der Waals surface area contributed by atoms with Crippen LogP contribution in [-0.2, 0) is 11.3 Å². The quantitative estimate of drug-likeness (QED) is 0.871. The van der Waals surface area contributed by atoms with E-state index in [1.807, 2.05) is 18.2 Å². The lowest BCUT2D eigenvalue weighted by Crippen LogP contribution is -2.38. The third-order valence-electron chi connectivity index (χ3n) is 4.93. The number of carbonyl (C=O) groups excluding carboxylic acids is 1. The van der Waals surface area contributed by atoms with Gasteiger partial charge in [-0.3, -0.25) is 19.1 Å². The molecule has 4 rings (SSSR count). The summed E-state index contributed by atoms with van der Waals surface area (Å²) in [6.07, 6.45) is 3.93. The molecule has 3 heterocycles. The Hall–Kier alpha value is -3.03. The summed E-state index contributed by atoms with van der Waals surface area (Å²) in [4.78, 5) is 39.8. The third-order valence-corrected chi connectivity index (χ3v) is 4.93. The molecule has 27 heavy (non-hydrogen) atoms. The van der Waals surface area contributed by atoms with Gasteiger partial charge in [-0.25, -0.2) is 4.79 Å². The number of likely N-dealkylation sites (tertiary alicyclic amines) is 1. The van der Waals surface area contributed by atoms with Gasteiger partial charge in [0.05, 0.1) is 19.3 Å². The number of benzene rings is 1. The van der Waals surface area contributed by atoms with E-state index >= 15 is 0 Å². The highest BCUT2D eigenvalue weighted by molar-refractivity contribution is 5.77. The smallest absolute Gasteiger partial charge is 0.328 e. The summed E-state index contributed by atoms with van der Waals surface area (Å²) in [5.41, 5.74) is -0.0592. The average Bonchev–Trinajstić information content (AvgIpc) is 3.03. The Kier molecular flexibility index (Phi) is 4.70. The second-order valence-electron chi connectivity index (χ2n) is 6.74. The number of aromatic amines is 1. The van der Waals surface area contributed by atoms with Crippen molar-refractivity contribution in [1.29, 1.82) is 0 Å². The van der Waals surface area contributed by atoms with E-state index in [1.54, 1.807) is 4.90 Å². The zero-order valence-corrected chi connectivity index (χ0v) is 14.8. The van der Waals surface area contributed by atoms with Crippen molar-refractivity contribution in [3.05, 3.63) is 56.9 Å². The summed E-state index contributed by atoms with van der Waals surface area (Å²) in [7, 11) is 0. The average molecular weight is 371 g/mol. The number of H-pyrrole nitrogens is 1. The van der Waals surface area contributed by atoms with Crippen LogP contribution in [0.1, 0.15) is 30.9 Å². The van der Waals surface area contributed by atoms with Crippen LogP contribution in [0.4, 0.5) is 0 Å². The summed E-state index contributed by atoms with van der Waals surface area (Å²) in [5, 5.41) is 0. The van der Waals surface area contributed by atoms with Gasteiger partial charge in [0.1, 0.15) is 6.54 Å². The van der Waals surface area contributed by atoms with E-state index in [4.69, 9.17) is 9.47 Å². The Morgan fingerprint density at radius 2 is 1.93 bits per heavy atom. The molecule has 2 aliphatic rings. The molecule has 2 aliphatic heterocycles. The first-order valence-electron chi connectivity index (χ1n) is 9.10. The van der Waals surface area contributed by atoms with Gasteiger partial charge < -0.3 is 14.4 Å². The molecule has 1 saturated heterocycles. The number of hydrogen-bond acceptors (Lipinski definition) is 5. The van der Waals surface area contributed by atoms with E-state index in [0.29, 0.717) is 25.5 Å². The fourth-order valence-electron chi connectivity index (χ4n) is 3.60. The van der Waals surface area contributed by atoms with Crippen LogP contribution in [-0.4, -0.2) is 40.1 Å². The van der Waals surface area contributed by atoms with Crippen LogP contribution in [0, 0.1) is 0 Å². The van der Waals surface area contributed by atoms with E-state index in [0.717, 1.165) is 30.6 Å². The van der Waals surface area contributed by atoms with Gasteiger partial charge >= 0.3 is 5.69 Å². The van der Waals surface area contributed by atoms with Gasteiger partial charge in [-0.1, -0.05) is 6.07 Å². The molecule has 0 bridgehead atoms. The van der Waals surface area contributed by atoms with Crippen LogP contribution < -0.4 is 20.7 Å². The molecular formula is C19H21N3O5. The minimum Gasteiger partial charge on any atom is -0.490 e. The number of nitrogens with one attached hydrogen (secondary N) is 1. The second-order valence-corrected chi connectivity index (χ2v) is 6.74. The van der Waals surface area contributed by atoms with Crippen molar-refractivity contribution in [1.82, 2.24) is 14.5 Å². The zero-order chi connectivity index (χ0) is 18.8. The summed E-state index contributed by atoms with van der Waals surface area (Å²) in [6.45, 7) is 1.78. The molecule has 1 amide bonds. The van der Waals surface area contributed by atoms with Gasteiger partial charge in [0, 0.05) is 25.2 Å². The number of fused-ring (bicyclic) bond motifs is 1. The maximum absolute atomic E-state index is 12.8. The summed E-state index contributed by atoms with van der Waals surface area (Å²) in [5.74, 6) is 1.28. The molecule has 0 spiro atoms. The van der Waals surface area contributed by atoms with E-state index in [-0.39, 0.29) is 18.5 Å². The topological polar surface area (TPSA) is 93.6 Å². The van der Waals surface area contributed by atoms with Gasteiger partial charge in [0.15, 0.2) is 11.5 Å². The highest BCUT2D eigenvalue weighted by Crippen LogP contribution is 2.37. The van der Waals surface area contributed by atoms with Gasteiger partial charge in [0.2, 0.25) is 5.91 Å². The lowest BCUT2D eigenvalue weighted by Gasteiger charge is -2.26. The monoisotopic (exact) mass is 371 g/mol. The molecule has 1 unspecified atom stereocenters. The predicted octanol–water partition coefficient (Wildman–Crippen LogP) is 1.06. The van der Waals surface area contributed by atoms with E-state index in [2.05, 4.69) is 4.98 Å².